The van der Waals surface area contributed by atoms with E-state index in [9.17, 15) is 4.79 Å². The van der Waals surface area contributed by atoms with Gasteiger partial charge in [0, 0.05) is 18.2 Å². The first-order valence-electron chi connectivity index (χ1n) is 9.46. The number of aryl methyl sites for hydroxylation is 2. The zero-order valence-corrected chi connectivity index (χ0v) is 17.3. The number of carbonyl (C=O) groups is 1. The second kappa shape index (κ2) is 9.02. The number of hydrogen-bond donors (Lipinski definition) is 1. The molecule has 0 spiro atoms. The highest BCUT2D eigenvalue weighted by atomic mass is 32.1. The number of carboxylic acid groups (broad SMARTS) is 1. The third-order valence-electron chi connectivity index (χ3n) is 5.11. The number of ether oxygens (including phenoxy) is 1. The van der Waals surface area contributed by atoms with E-state index in [1.54, 1.807) is 0 Å². The molecule has 0 atom stereocenters. The van der Waals surface area contributed by atoms with Crippen molar-refractivity contribution in [1.29, 1.82) is 0 Å². The van der Waals surface area contributed by atoms with Crippen molar-refractivity contribution in [1.82, 2.24) is 4.37 Å². The number of rotatable bonds is 8. The molecule has 0 aliphatic carbocycles. The van der Waals surface area contributed by atoms with Gasteiger partial charge in [0.05, 0.1) is 4.88 Å². The maximum atomic E-state index is 10.8. The van der Waals surface area contributed by atoms with Crippen LogP contribution in [0.3, 0.4) is 0 Å². The van der Waals surface area contributed by atoms with Gasteiger partial charge in [0.2, 0.25) is 0 Å². The van der Waals surface area contributed by atoms with Crippen LogP contribution in [0.4, 0.5) is 0 Å². The van der Waals surface area contributed by atoms with Crippen molar-refractivity contribution in [3.05, 3.63) is 70.4 Å². The third-order valence-corrected chi connectivity index (χ3v) is 6.00. The van der Waals surface area contributed by atoms with Crippen LogP contribution in [-0.4, -0.2) is 15.4 Å². The SMILES string of the molecule is CCc1ccc(-c2sncc2COc2ccc(CCC(=O)O)c(C)c2C)cc1. The fourth-order valence-electron chi connectivity index (χ4n) is 3.17. The van der Waals surface area contributed by atoms with Crippen molar-refractivity contribution in [3.8, 4) is 16.2 Å². The minimum atomic E-state index is -0.776. The van der Waals surface area contributed by atoms with Gasteiger partial charge in [-0.1, -0.05) is 37.3 Å². The standard InChI is InChI=1S/C23H25NO3S/c1-4-17-5-7-19(8-6-17)23-20(13-24-28-23)14-27-21-11-9-18(10-12-22(25)26)15(2)16(21)3/h5-9,11,13H,4,10,12,14H2,1-3H3,(H,25,26). The molecule has 4 nitrogen and oxygen atoms in total. The summed E-state index contributed by atoms with van der Waals surface area (Å²) < 4.78 is 10.5. The molecule has 5 heteroatoms. The topological polar surface area (TPSA) is 59.4 Å². The Balaban J connectivity index is 1.73. The van der Waals surface area contributed by atoms with E-state index in [-0.39, 0.29) is 6.42 Å². The zero-order chi connectivity index (χ0) is 20.1. The monoisotopic (exact) mass is 395 g/mol. The minimum Gasteiger partial charge on any atom is -0.489 e. The largest absolute Gasteiger partial charge is 0.489 e. The van der Waals surface area contributed by atoms with E-state index in [0.29, 0.717) is 13.0 Å². The average molecular weight is 396 g/mol. The lowest BCUT2D eigenvalue weighted by Gasteiger charge is -2.14. The maximum absolute atomic E-state index is 10.8. The first-order chi connectivity index (χ1) is 13.5. The van der Waals surface area contributed by atoms with E-state index in [4.69, 9.17) is 9.84 Å². The van der Waals surface area contributed by atoms with Crippen LogP contribution in [0, 0.1) is 13.8 Å². The third kappa shape index (κ3) is 4.60. The Morgan fingerprint density at radius 2 is 1.82 bits per heavy atom. The van der Waals surface area contributed by atoms with E-state index in [1.165, 1.54) is 17.1 Å². The van der Waals surface area contributed by atoms with Crippen molar-refractivity contribution in [2.75, 3.05) is 0 Å². The Morgan fingerprint density at radius 1 is 1.07 bits per heavy atom. The normalized spacial score (nSPS) is 10.8. The Labute approximate surface area is 170 Å². The Hall–Kier alpha value is -2.66. The number of carboxylic acids is 1. The highest BCUT2D eigenvalue weighted by Crippen LogP contribution is 2.31. The first-order valence-corrected chi connectivity index (χ1v) is 10.2. The van der Waals surface area contributed by atoms with Gasteiger partial charge < -0.3 is 9.84 Å². The molecule has 3 aromatic rings. The number of hydrogen-bond acceptors (Lipinski definition) is 4. The molecular weight excluding hydrogens is 370 g/mol. The summed E-state index contributed by atoms with van der Waals surface area (Å²) in [6.07, 6.45) is 3.58. The molecule has 0 saturated carbocycles. The predicted molar refractivity (Wildman–Crippen MR) is 113 cm³/mol. The maximum Gasteiger partial charge on any atom is 0.303 e. The van der Waals surface area contributed by atoms with Crippen LogP contribution in [0.2, 0.25) is 0 Å². The van der Waals surface area contributed by atoms with E-state index in [0.717, 1.165) is 44.9 Å². The molecule has 0 amide bonds. The summed E-state index contributed by atoms with van der Waals surface area (Å²) in [5.41, 5.74) is 6.76. The predicted octanol–water partition coefficient (Wildman–Crippen LogP) is 5.59. The van der Waals surface area contributed by atoms with Crippen LogP contribution in [0.5, 0.6) is 5.75 Å². The average Bonchev–Trinajstić information content (AvgIpc) is 3.17. The summed E-state index contributed by atoms with van der Waals surface area (Å²) in [5.74, 6) is 0.0527. The van der Waals surface area contributed by atoms with Gasteiger partial charge >= 0.3 is 5.97 Å². The number of nitrogens with zero attached hydrogens (tertiary/aromatic N) is 1. The van der Waals surface area contributed by atoms with Gasteiger partial charge in [0.15, 0.2) is 0 Å². The van der Waals surface area contributed by atoms with Gasteiger partial charge in [-0.25, -0.2) is 4.37 Å². The Kier molecular flexibility index (Phi) is 6.47. The fraction of sp³-hybridized carbons (Fsp3) is 0.304. The molecule has 0 radical (unpaired) electrons. The summed E-state index contributed by atoms with van der Waals surface area (Å²) in [6.45, 7) is 6.64. The lowest BCUT2D eigenvalue weighted by Crippen LogP contribution is -2.03. The molecule has 28 heavy (non-hydrogen) atoms. The molecule has 2 aromatic carbocycles. The smallest absolute Gasteiger partial charge is 0.303 e. The highest BCUT2D eigenvalue weighted by Gasteiger charge is 2.12. The minimum absolute atomic E-state index is 0.140. The lowest BCUT2D eigenvalue weighted by molar-refractivity contribution is -0.136. The molecule has 146 valence electrons. The van der Waals surface area contributed by atoms with Crippen molar-refractivity contribution in [2.24, 2.45) is 0 Å². The van der Waals surface area contributed by atoms with Crippen LogP contribution < -0.4 is 4.74 Å². The molecule has 0 aliphatic rings. The molecule has 3 rings (SSSR count). The summed E-state index contributed by atoms with van der Waals surface area (Å²) in [7, 11) is 0. The zero-order valence-electron chi connectivity index (χ0n) is 16.5. The van der Waals surface area contributed by atoms with Crippen molar-refractivity contribution < 1.29 is 14.6 Å². The molecule has 1 heterocycles. The summed E-state index contributed by atoms with van der Waals surface area (Å²) in [5, 5.41) is 8.90. The van der Waals surface area contributed by atoms with Gasteiger partial charge in [0.1, 0.15) is 12.4 Å². The van der Waals surface area contributed by atoms with Crippen molar-refractivity contribution >= 4 is 17.5 Å². The van der Waals surface area contributed by atoms with Gasteiger partial charge in [-0.2, -0.15) is 0 Å². The van der Waals surface area contributed by atoms with Crippen molar-refractivity contribution in [3.63, 3.8) is 0 Å². The number of benzene rings is 2. The van der Waals surface area contributed by atoms with Gasteiger partial charge in [0.25, 0.3) is 0 Å². The van der Waals surface area contributed by atoms with E-state index in [2.05, 4.69) is 35.6 Å². The molecule has 0 fully saturated rings. The molecule has 0 bridgehead atoms. The molecule has 0 saturated heterocycles. The Morgan fingerprint density at radius 3 is 2.50 bits per heavy atom. The summed E-state index contributed by atoms with van der Waals surface area (Å²) in [4.78, 5) is 12.0. The van der Waals surface area contributed by atoms with Gasteiger partial charge in [-0.15, -0.1) is 0 Å². The molecule has 0 unspecified atom stereocenters. The van der Waals surface area contributed by atoms with Crippen molar-refractivity contribution in [2.45, 2.75) is 46.6 Å². The number of aliphatic carboxylic acids is 1. The number of aromatic nitrogens is 1. The van der Waals surface area contributed by atoms with E-state index in [1.807, 2.05) is 32.2 Å². The Bertz CT molecular complexity index is 960. The fourth-order valence-corrected chi connectivity index (χ4v) is 3.92. The molecule has 0 aliphatic heterocycles. The molecular formula is C23H25NO3S. The lowest BCUT2D eigenvalue weighted by atomic mass is 9.99. The second-order valence-electron chi connectivity index (χ2n) is 6.89. The highest BCUT2D eigenvalue weighted by molar-refractivity contribution is 7.09. The van der Waals surface area contributed by atoms with Crippen LogP contribution >= 0.6 is 11.5 Å². The van der Waals surface area contributed by atoms with Crippen LogP contribution in [0.15, 0.2) is 42.6 Å². The second-order valence-corrected chi connectivity index (χ2v) is 7.69. The first kappa shape index (κ1) is 20.1. The van der Waals surface area contributed by atoms with E-state index >= 15 is 0 Å². The summed E-state index contributed by atoms with van der Waals surface area (Å²) in [6, 6.07) is 12.5. The van der Waals surface area contributed by atoms with Gasteiger partial charge in [-0.3, -0.25) is 4.79 Å². The molecule has 1 N–H and O–H groups in total. The van der Waals surface area contributed by atoms with Crippen LogP contribution in [0.25, 0.3) is 10.4 Å². The summed E-state index contributed by atoms with van der Waals surface area (Å²) >= 11 is 1.48. The van der Waals surface area contributed by atoms with Crippen LogP contribution in [-0.2, 0) is 24.2 Å². The van der Waals surface area contributed by atoms with Crippen LogP contribution in [0.1, 0.15) is 41.2 Å². The van der Waals surface area contributed by atoms with E-state index < -0.39 is 5.97 Å². The van der Waals surface area contributed by atoms with Gasteiger partial charge in [-0.05, 0) is 72.1 Å². The molecule has 1 aromatic heterocycles. The quantitative estimate of drug-likeness (QED) is 0.540.